The molecular weight excluding hydrogens is 252 g/mol. The number of H-pyrrole nitrogens is 1. The fourth-order valence-electron chi connectivity index (χ4n) is 2.26. The molecule has 0 unspecified atom stereocenters. The summed E-state index contributed by atoms with van der Waals surface area (Å²) in [6.45, 7) is 0. The first-order chi connectivity index (χ1) is 8.57. The van der Waals surface area contributed by atoms with Crippen LogP contribution in [0.25, 0.3) is 5.69 Å². The summed E-state index contributed by atoms with van der Waals surface area (Å²) in [4.78, 5) is 11.8. The highest BCUT2D eigenvalue weighted by Crippen LogP contribution is 2.20. The van der Waals surface area contributed by atoms with Crippen molar-refractivity contribution in [3.8, 4) is 5.69 Å². The van der Waals surface area contributed by atoms with Crippen molar-refractivity contribution in [3.05, 3.63) is 51.9 Å². The van der Waals surface area contributed by atoms with Crippen molar-refractivity contribution in [1.82, 2.24) is 9.78 Å². The number of nitrogens with one attached hydrogen (secondary N) is 1. The Morgan fingerprint density at radius 3 is 2.61 bits per heavy atom. The number of aromatic amines is 1. The van der Waals surface area contributed by atoms with Crippen LogP contribution in [0.1, 0.15) is 11.3 Å². The third-order valence-corrected chi connectivity index (χ3v) is 4.69. The first kappa shape index (κ1) is 11.3. The zero-order valence-corrected chi connectivity index (χ0v) is 10.4. The molecule has 0 saturated carbocycles. The molecule has 18 heavy (non-hydrogen) atoms. The maximum atomic E-state index is 11.8. The summed E-state index contributed by atoms with van der Waals surface area (Å²) in [6, 6.07) is 9.39. The van der Waals surface area contributed by atoms with E-state index in [1.165, 1.54) is 0 Å². The number of sulfone groups is 1. The van der Waals surface area contributed by atoms with Gasteiger partial charge in [0.15, 0.2) is 9.84 Å². The van der Waals surface area contributed by atoms with E-state index < -0.39 is 9.84 Å². The van der Waals surface area contributed by atoms with Crippen molar-refractivity contribution in [2.75, 3.05) is 5.75 Å². The maximum absolute atomic E-state index is 11.8. The number of hydrogen-bond donors (Lipinski definition) is 1. The van der Waals surface area contributed by atoms with Crippen LogP contribution in [0.4, 0.5) is 0 Å². The molecule has 2 heterocycles. The molecule has 1 aliphatic rings. The van der Waals surface area contributed by atoms with E-state index in [4.69, 9.17) is 0 Å². The Morgan fingerprint density at radius 2 is 1.89 bits per heavy atom. The molecule has 0 saturated heterocycles. The first-order valence-corrected chi connectivity index (χ1v) is 7.47. The minimum Gasteiger partial charge on any atom is -0.268 e. The molecule has 3 rings (SSSR count). The van der Waals surface area contributed by atoms with Crippen molar-refractivity contribution in [1.29, 1.82) is 0 Å². The molecular formula is C12H12N2O3S. The summed E-state index contributed by atoms with van der Waals surface area (Å²) in [5, 5.41) is 2.71. The van der Waals surface area contributed by atoms with Gasteiger partial charge in [-0.3, -0.25) is 14.6 Å². The molecule has 1 N–H and O–H groups in total. The van der Waals surface area contributed by atoms with Crippen LogP contribution in [-0.4, -0.2) is 24.0 Å². The number of rotatable bonds is 1. The van der Waals surface area contributed by atoms with Gasteiger partial charge in [0.1, 0.15) is 0 Å². The third kappa shape index (κ3) is 1.78. The van der Waals surface area contributed by atoms with E-state index in [1.807, 2.05) is 30.3 Å². The van der Waals surface area contributed by atoms with Gasteiger partial charge in [0.2, 0.25) is 0 Å². The van der Waals surface area contributed by atoms with Crippen molar-refractivity contribution in [2.45, 2.75) is 12.2 Å². The molecule has 0 aliphatic carbocycles. The van der Waals surface area contributed by atoms with Gasteiger partial charge in [0.05, 0.1) is 28.5 Å². The van der Waals surface area contributed by atoms with Gasteiger partial charge in [-0.1, -0.05) is 18.2 Å². The van der Waals surface area contributed by atoms with E-state index >= 15 is 0 Å². The summed E-state index contributed by atoms with van der Waals surface area (Å²) in [5.74, 6) is -0.0539. The number of fused-ring (bicyclic) bond motifs is 1. The number of aromatic nitrogens is 2. The number of benzene rings is 1. The largest absolute Gasteiger partial charge is 0.268 e. The smallest absolute Gasteiger partial charge is 0.268 e. The lowest BCUT2D eigenvalue weighted by molar-refractivity contribution is 0.590. The number of nitrogens with zero attached hydrogens (tertiary/aromatic N) is 1. The van der Waals surface area contributed by atoms with Gasteiger partial charge in [0.25, 0.3) is 5.56 Å². The van der Waals surface area contributed by atoms with Gasteiger partial charge < -0.3 is 0 Å². The lowest BCUT2D eigenvalue weighted by Gasteiger charge is -2.14. The Hall–Kier alpha value is -1.82. The van der Waals surface area contributed by atoms with Crippen LogP contribution < -0.4 is 5.56 Å². The molecule has 0 fully saturated rings. The predicted octanol–water partition coefficient (Wildman–Crippen LogP) is 0.636. The standard InChI is InChI=1S/C12H12N2O3S/c15-12-10-8-18(16,17)7-6-11(10)14(13-12)9-4-2-1-3-5-9/h1-5H,6-8H2,(H,13,15). The normalized spacial score (nSPS) is 17.3. The molecule has 6 heteroatoms. The highest BCUT2D eigenvalue weighted by atomic mass is 32.2. The molecule has 5 nitrogen and oxygen atoms in total. The second-order valence-electron chi connectivity index (χ2n) is 4.38. The lowest BCUT2D eigenvalue weighted by Crippen LogP contribution is -2.22. The van der Waals surface area contributed by atoms with Gasteiger partial charge in [-0.25, -0.2) is 8.42 Å². The van der Waals surface area contributed by atoms with Crippen LogP contribution >= 0.6 is 0 Å². The van der Waals surface area contributed by atoms with E-state index in [-0.39, 0.29) is 17.1 Å². The monoisotopic (exact) mass is 264 g/mol. The third-order valence-electron chi connectivity index (χ3n) is 3.13. The highest BCUT2D eigenvalue weighted by Gasteiger charge is 2.27. The first-order valence-electron chi connectivity index (χ1n) is 5.65. The van der Waals surface area contributed by atoms with E-state index in [0.717, 1.165) is 11.4 Å². The Balaban J connectivity index is 2.19. The quantitative estimate of drug-likeness (QED) is 0.821. The average Bonchev–Trinajstić information content (AvgIpc) is 2.66. The molecule has 94 valence electrons. The van der Waals surface area contributed by atoms with Crippen LogP contribution in [0.3, 0.4) is 0 Å². The zero-order chi connectivity index (χ0) is 12.8. The Bertz CT molecular complexity index is 741. The number of hydrogen-bond acceptors (Lipinski definition) is 3. The molecule has 1 aliphatic heterocycles. The van der Waals surface area contributed by atoms with Crippen molar-refractivity contribution >= 4 is 9.84 Å². The maximum Gasteiger partial charge on any atom is 0.268 e. The minimum atomic E-state index is -3.12. The summed E-state index contributed by atoms with van der Waals surface area (Å²) in [5.41, 5.74) is 1.69. The second kappa shape index (κ2) is 3.84. The SMILES string of the molecule is O=c1[nH]n(-c2ccccc2)c2c1CS(=O)(=O)CC2. The van der Waals surface area contributed by atoms with Gasteiger partial charge in [-0.15, -0.1) is 0 Å². The molecule has 0 spiro atoms. The summed E-state index contributed by atoms with van der Waals surface area (Å²) >= 11 is 0. The van der Waals surface area contributed by atoms with Crippen LogP contribution in [-0.2, 0) is 22.0 Å². The Kier molecular flexibility index (Phi) is 2.41. The molecule has 2 aromatic rings. The summed E-state index contributed by atoms with van der Waals surface area (Å²) in [6.07, 6.45) is 0.380. The van der Waals surface area contributed by atoms with E-state index in [1.54, 1.807) is 4.68 Å². The van der Waals surface area contributed by atoms with E-state index in [2.05, 4.69) is 5.10 Å². The van der Waals surface area contributed by atoms with Crippen LogP contribution in [0.2, 0.25) is 0 Å². The van der Waals surface area contributed by atoms with Crippen LogP contribution in [0.5, 0.6) is 0 Å². The topological polar surface area (TPSA) is 71.9 Å². The second-order valence-corrected chi connectivity index (χ2v) is 6.56. The molecule has 0 amide bonds. The Morgan fingerprint density at radius 1 is 1.17 bits per heavy atom. The molecule has 0 bridgehead atoms. The van der Waals surface area contributed by atoms with E-state index in [0.29, 0.717) is 12.0 Å². The van der Waals surface area contributed by atoms with Crippen molar-refractivity contribution in [2.24, 2.45) is 0 Å². The van der Waals surface area contributed by atoms with Crippen molar-refractivity contribution < 1.29 is 8.42 Å². The summed E-state index contributed by atoms with van der Waals surface area (Å²) in [7, 11) is -3.12. The van der Waals surface area contributed by atoms with E-state index in [9.17, 15) is 13.2 Å². The fraction of sp³-hybridized carbons (Fsp3) is 0.250. The lowest BCUT2D eigenvalue weighted by atomic mass is 10.2. The van der Waals surface area contributed by atoms with Crippen LogP contribution in [0.15, 0.2) is 35.1 Å². The fourth-order valence-corrected chi connectivity index (χ4v) is 3.64. The van der Waals surface area contributed by atoms with Crippen molar-refractivity contribution in [3.63, 3.8) is 0 Å². The molecule has 0 atom stereocenters. The average molecular weight is 264 g/mol. The highest BCUT2D eigenvalue weighted by molar-refractivity contribution is 7.90. The van der Waals surface area contributed by atoms with Gasteiger partial charge in [-0.05, 0) is 12.1 Å². The van der Waals surface area contributed by atoms with Crippen LogP contribution in [0, 0.1) is 0 Å². The minimum absolute atomic E-state index is 0.101. The molecule has 0 radical (unpaired) electrons. The van der Waals surface area contributed by atoms with Gasteiger partial charge in [0, 0.05) is 6.42 Å². The Labute approximate surface area is 104 Å². The molecule has 1 aromatic heterocycles. The van der Waals surface area contributed by atoms with Gasteiger partial charge >= 0.3 is 0 Å². The summed E-state index contributed by atoms with van der Waals surface area (Å²) < 4.78 is 24.8. The van der Waals surface area contributed by atoms with Gasteiger partial charge in [-0.2, -0.15) is 0 Å². The number of para-hydroxylation sites is 1. The predicted molar refractivity (Wildman–Crippen MR) is 67.6 cm³/mol. The zero-order valence-electron chi connectivity index (χ0n) is 9.59. The molecule has 1 aromatic carbocycles.